The van der Waals surface area contributed by atoms with Crippen molar-refractivity contribution in [2.45, 2.75) is 12.5 Å². The summed E-state index contributed by atoms with van der Waals surface area (Å²) in [5, 5.41) is 5.63. The molecule has 2 aromatic carbocycles. The molecule has 1 heterocycles. The fourth-order valence-corrected chi connectivity index (χ4v) is 3.23. The lowest BCUT2D eigenvalue weighted by atomic mass is 9.92. The Balaban J connectivity index is 1.73. The second kappa shape index (κ2) is 7.28. The Morgan fingerprint density at radius 3 is 2.48 bits per heavy atom. The average molecular weight is 388 g/mol. The van der Waals surface area contributed by atoms with Crippen molar-refractivity contribution in [3.05, 3.63) is 59.1 Å². The number of amides is 4. The molecule has 27 heavy (non-hydrogen) atoms. The van der Waals surface area contributed by atoms with Gasteiger partial charge >= 0.3 is 6.03 Å². The van der Waals surface area contributed by atoms with Gasteiger partial charge in [0.2, 0.25) is 5.91 Å². The number of carbonyl (C=O) groups is 3. The second-order valence-corrected chi connectivity index (χ2v) is 6.61. The second-order valence-electron chi connectivity index (χ2n) is 6.20. The van der Waals surface area contributed by atoms with Crippen molar-refractivity contribution in [2.24, 2.45) is 0 Å². The fourth-order valence-electron chi connectivity index (χ4n) is 2.91. The smallest absolute Gasteiger partial charge is 0.325 e. The molecule has 0 bridgehead atoms. The summed E-state index contributed by atoms with van der Waals surface area (Å²) in [7, 11) is 1.54. The highest BCUT2D eigenvalue weighted by Crippen LogP contribution is 2.33. The summed E-state index contributed by atoms with van der Waals surface area (Å²) < 4.78 is 5.06. The van der Waals surface area contributed by atoms with Gasteiger partial charge in [-0.25, -0.2) is 4.79 Å². The average Bonchev–Trinajstić information content (AvgIpc) is 2.86. The summed E-state index contributed by atoms with van der Waals surface area (Å²) in [6.45, 7) is 1.16. The molecule has 0 unspecified atom stereocenters. The molecule has 0 aromatic heterocycles. The van der Waals surface area contributed by atoms with Crippen molar-refractivity contribution in [3.8, 4) is 5.75 Å². The van der Waals surface area contributed by atoms with Crippen LogP contribution in [0.2, 0.25) is 5.02 Å². The van der Waals surface area contributed by atoms with Gasteiger partial charge in [0.15, 0.2) is 0 Å². The standard InChI is InChI=1S/C19H18ClN3O4/c1-19(14-5-3-4-6-15(14)20)17(25)23(18(26)22-19)11-16(24)21-12-7-9-13(27-2)10-8-12/h3-10H,11H2,1-2H3,(H,21,24)(H,22,26)/t19-/m1/s1. The van der Waals surface area contributed by atoms with E-state index in [2.05, 4.69) is 10.6 Å². The van der Waals surface area contributed by atoms with Crippen molar-refractivity contribution < 1.29 is 19.1 Å². The Bertz CT molecular complexity index is 900. The van der Waals surface area contributed by atoms with E-state index in [-0.39, 0.29) is 0 Å². The number of halogens is 1. The highest BCUT2D eigenvalue weighted by molar-refractivity contribution is 6.32. The zero-order valence-corrected chi connectivity index (χ0v) is 15.5. The lowest BCUT2D eigenvalue weighted by Gasteiger charge is -2.23. The first-order valence-corrected chi connectivity index (χ1v) is 8.56. The third-order valence-electron chi connectivity index (χ3n) is 4.36. The maximum atomic E-state index is 12.8. The van der Waals surface area contributed by atoms with E-state index in [4.69, 9.17) is 16.3 Å². The monoisotopic (exact) mass is 387 g/mol. The van der Waals surface area contributed by atoms with Gasteiger partial charge in [-0.3, -0.25) is 14.5 Å². The molecule has 2 aromatic rings. The number of ether oxygens (including phenoxy) is 1. The number of methoxy groups -OCH3 is 1. The predicted molar refractivity (Wildman–Crippen MR) is 101 cm³/mol. The third kappa shape index (κ3) is 3.59. The normalized spacial score (nSPS) is 19.0. The number of hydrogen-bond acceptors (Lipinski definition) is 4. The Morgan fingerprint density at radius 1 is 1.19 bits per heavy atom. The van der Waals surface area contributed by atoms with Crippen LogP contribution in [0.1, 0.15) is 12.5 Å². The van der Waals surface area contributed by atoms with Gasteiger partial charge in [0, 0.05) is 16.3 Å². The van der Waals surface area contributed by atoms with Gasteiger partial charge in [-0.15, -0.1) is 0 Å². The van der Waals surface area contributed by atoms with Gasteiger partial charge in [0.05, 0.1) is 7.11 Å². The molecule has 0 radical (unpaired) electrons. The molecule has 8 heteroatoms. The van der Waals surface area contributed by atoms with Crippen LogP contribution in [-0.4, -0.2) is 36.4 Å². The van der Waals surface area contributed by atoms with Crippen molar-refractivity contribution >= 4 is 35.1 Å². The molecular formula is C19H18ClN3O4. The number of urea groups is 1. The lowest BCUT2D eigenvalue weighted by molar-refractivity contribution is -0.133. The number of nitrogens with one attached hydrogen (secondary N) is 2. The molecule has 1 aliphatic heterocycles. The predicted octanol–water partition coefficient (Wildman–Crippen LogP) is 2.75. The molecule has 140 valence electrons. The number of nitrogens with zero attached hydrogens (tertiary/aromatic N) is 1. The van der Waals surface area contributed by atoms with Crippen LogP contribution in [0.15, 0.2) is 48.5 Å². The zero-order valence-electron chi connectivity index (χ0n) is 14.8. The van der Waals surface area contributed by atoms with Gasteiger partial charge in [-0.05, 0) is 37.3 Å². The minimum absolute atomic E-state index is 0.359. The number of benzene rings is 2. The van der Waals surface area contributed by atoms with Gasteiger partial charge in [-0.1, -0.05) is 29.8 Å². The number of carbonyl (C=O) groups excluding carboxylic acids is 3. The molecule has 1 aliphatic rings. The van der Waals surface area contributed by atoms with Crippen LogP contribution >= 0.6 is 11.6 Å². The molecule has 0 aliphatic carbocycles. The highest BCUT2D eigenvalue weighted by Gasteiger charge is 2.50. The van der Waals surface area contributed by atoms with Crippen LogP contribution in [0.4, 0.5) is 10.5 Å². The molecule has 3 rings (SSSR count). The van der Waals surface area contributed by atoms with Crippen LogP contribution in [0.5, 0.6) is 5.75 Å². The lowest BCUT2D eigenvalue weighted by Crippen LogP contribution is -2.42. The maximum absolute atomic E-state index is 12.8. The number of imide groups is 1. The number of hydrogen-bond donors (Lipinski definition) is 2. The van der Waals surface area contributed by atoms with E-state index in [1.54, 1.807) is 62.6 Å². The summed E-state index contributed by atoms with van der Waals surface area (Å²) in [6, 6.07) is 12.8. The first-order valence-electron chi connectivity index (χ1n) is 8.18. The largest absolute Gasteiger partial charge is 0.497 e. The Hall–Kier alpha value is -3.06. The van der Waals surface area contributed by atoms with Crippen LogP contribution < -0.4 is 15.4 Å². The van der Waals surface area contributed by atoms with Crippen LogP contribution in [0.3, 0.4) is 0 Å². The molecule has 0 saturated carbocycles. The highest BCUT2D eigenvalue weighted by atomic mass is 35.5. The molecular weight excluding hydrogens is 370 g/mol. The van der Waals surface area contributed by atoms with Gasteiger partial charge in [-0.2, -0.15) is 0 Å². The van der Waals surface area contributed by atoms with Crippen LogP contribution in [-0.2, 0) is 15.1 Å². The van der Waals surface area contributed by atoms with E-state index in [1.165, 1.54) is 0 Å². The number of rotatable bonds is 5. The van der Waals surface area contributed by atoms with Crippen molar-refractivity contribution in [2.75, 3.05) is 19.0 Å². The summed E-state index contributed by atoms with van der Waals surface area (Å²) in [5.41, 5.74) is -0.319. The Morgan fingerprint density at radius 2 is 1.85 bits per heavy atom. The van der Waals surface area contributed by atoms with Crippen LogP contribution in [0.25, 0.3) is 0 Å². The zero-order chi connectivity index (χ0) is 19.6. The first kappa shape index (κ1) is 18.7. The van der Waals surface area contributed by atoms with E-state index in [0.29, 0.717) is 22.0 Å². The molecule has 7 nitrogen and oxygen atoms in total. The van der Waals surface area contributed by atoms with Crippen molar-refractivity contribution in [1.82, 2.24) is 10.2 Å². The van der Waals surface area contributed by atoms with E-state index in [0.717, 1.165) is 4.90 Å². The van der Waals surface area contributed by atoms with Gasteiger partial charge in [0.25, 0.3) is 5.91 Å². The quantitative estimate of drug-likeness (QED) is 0.772. The van der Waals surface area contributed by atoms with Crippen LogP contribution in [0, 0.1) is 0 Å². The molecule has 1 atom stereocenters. The minimum Gasteiger partial charge on any atom is -0.497 e. The van der Waals surface area contributed by atoms with Gasteiger partial charge < -0.3 is 15.4 Å². The maximum Gasteiger partial charge on any atom is 0.325 e. The van der Waals surface area contributed by atoms with E-state index in [1.807, 2.05) is 0 Å². The molecule has 1 saturated heterocycles. The SMILES string of the molecule is COc1ccc(NC(=O)CN2C(=O)N[C@](C)(c3ccccc3Cl)C2=O)cc1. The summed E-state index contributed by atoms with van der Waals surface area (Å²) in [5.74, 6) is -0.379. The Labute approximate surface area is 161 Å². The summed E-state index contributed by atoms with van der Waals surface area (Å²) >= 11 is 6.18. The van der Waals surface area contributed by atoms with Crippen molar-refractivity contribution in [1.29, 1.82) is 0 Å². The topological polar surface area (TPSA) is 87.7 Å². The fraction of sp³-hybridized carbons (Fsp3) is 0.211. The number of anilines is 1. The summed E-state index contributed by atoms with van der Waals surface area (Å²) in [6.07, 6.45) is 0. The van der Waals surface area contributed by atoms with E-state index in [9.17, 15) is 14.4 Å². The van der Waals surface area contributed by atoms with E-state index >= 15 is 0 Å². The van der Waals surface area contributed by atoms with E-state index < -0.39 is 29.9 Å². The molecule has 2 N–H and O–H groups in total. The molecule has 1 fully saturated rings. The third-order valence-corrected chi connectivity index (χ3v) is 4.69. The molecule has 4 amide bonds. The van der Waals surface area contributed by atoms with Gasteiger partial charge in [0.1, 0.15) is 17.8 Å². The summed E-state index contributed by atoms with van der Waals surface area (Å²) in [4.78, 5) is 38.3. The molecule has 0 spiro atoms. The minimum atomic E-state index is -1.32. The van der Waals surface area contributed by atoms with Crippen molar-refractivity contribution in [3.63, 3.8) is 0 Å². The first-order chi connectivity index (χ1) is 12.8. The Kier molecular flexibility index (Phi) is 5.05.